The van der Waals surface area contributed by atoms with Gasteiger partial charge in [0, 0.05) is 29.5 Å². The molecule has 0 saturated heterocycles. The SMILES string of the molecule is CCOC1CC(N)(C(=O)NCCc2ccc(Br)cc2)C1(C)C. The lowest BCUT2D eigenvalue weighted by atomic mass is 9.54. The van der Waals surface area contributed by atoms with Gasteiger partial charge in [-0.2, -0.15) is 0 Å². The van der Waals surface area contributed by atoms with Crippen molar-refractivity contribution in [1.29, 1.82) is 0 Å². The van der Waals surface area contributed by atoms with E-state index < -0.39 is 5.54 Å². The van der Waals surface area contributed by atoms with E-state index in [1.165, 1.54) is 5.56 Å². The first-order valence-corrected chi connectivity index (χ1v) is 8.54. The highest BCUT2D eigenvalue weighted by Crippen LogP contribution is 2.49. The zero-order chi connectivity index (χ0) is 16.4. The molecule has 0 bridgehead atoms. The molecule has 4 nitrogen and oxygen atoms in total. The van der Waals surface area contributed by atoms with E-state index in [0.29, 0.717) is 19.6 Å². The lowest BCUT2D eigenvalue weighted by Crippen LogP contribution is -2.75. The standard InChI is InChI=1S/C17H25BrN2O2/c1-4-22-14-11-17(19,16(14,2)3)15(21)20-10-9-12-5-7-13(18)8-6-12/h5-8,14H,4,9-11,19H2,1-3H3,(H,20,21). The van der Waals surface area contributed by atoms with Crippen molar-refractivity contribution in [1.82, 2.24) is 5.32 Å². The van der Waals surface area contributed by atoms with Crippen molar-refractivity contribution in [3.05, 3.63) is 34.3 Å². The highest BCUT2D eigenvalue weighted by Gasteiger charge is 2.62. The molecule has 1 aliphatic rings. The van der Waals surface area contributed by atoms with Gasteiger partial charge in [0.25, 0.3) is 0 Å². The molecule has 0 aromatic heterocycles. The Hall–Kier alpha value is -0.910. The summed E-state index contributed by atoms with van der Waals surface area (Å²) < 4.78 is 6.71. The Morgan fingerprint density at radius 3 is 2.59 bits per heavy atom. The molecule has 0 aliphatic heterocycles. The van der Waals surface area contributed by atoms with Crippen molar-refractivity contribution in [2.24, 2.45) is 11.1 Å². The van der Waals surface area contributed by atoms with Crippen LogP contribution in [0.3, 0.4) is 0 Å². The average Bonchev–Trinajstić information content (AvgIpc) is 2.48. The van der Waals surface area contributed by atoms with Crippen LogP contribution in [0.15, 0.2) is 28.7 Å². The van der Waals surface area contributed by atoms with Crippen molar-refractivity contribution >= 4 is 21.8 Å². The predicted molar refractivity (Wildman–Crippen MR) is 91.6 cm³/mol. The van der Waals surface area contributed by atoms with Crippen LogP contribution in [-0.4, -0.2) is 30.7 Å². The van der Waals surface area contributed by atoms with Crippen molar-refractivity contribution in [3.8, 4) is 0 Å². The van der Waals surface area contributed by atoms with Crippen LogP contribution in [-0.2, 0) is 16.0 Å². The molecule has 1 aromatic carbocycles. The van der Waals surface area contributed by atoms with E-state index in [2.05, 4.69) is 21.2 Å². The second-order valence-electron chi connectivity index (χ2n) is 6.47. The summed E-state index contributed by atoms with van der Waals surface area (Å²) in [7, 11) is 0. The van der Waals surface area contributed by atoms with Crippen molar-refractivity contribution in [2.75, 3.05) is 13.2 Å². The lowest BCUT2D eigenvalue weighted by Gasteiger charge is -2.57. The number of hydrogen-bond donors (Lipinski definition) is 2. The maximum Gasteiger partial charge on any atom is 0.240 e. The normalized spacial score (nSPS) is 26.3. The zero-order valence-corrected chi connectivity index (χ0v) is 15.1. The number of carbonyl (C=O) groups is 1. The fourth-order valence-electron chi connectivity index (χ4n) is 2.95. The van der Waals surface area contributed by atoms with Gasteiger partial charge in [0.2, 0.25) is 5.91 Å². The molecular formula is C17H25BrN2O2. The van der Waals surface area contributed by atoms with Gasteiger partial charge < -0.3 is 15.8 Å². The van der Waals surface area contributed by atoms with Crippen LogP contribution in [0.5, 0.6) is 0 Å². The van der Waals surface area contributed by atoms with Crippen LogP contribution < -0.4 is 11.1 Å². The molecule has 0 spiro atoms. The first kappa shape index (κ1) is 17.4. The Morgan fingerprint density at radius 1 is 1.41 bits per heavy atom. The molecule has 2 atom stereocenters. The first-order chi connectivity index (χ1) is 10.3. The topological polar surface area (TPSA) is 64.3 Å². The zero-order valence-electron chi connectivity index (χ0n) is 13.5. The van der Waals surface area contributed by atoms with Gasteiger partial charge in [-0.1, -0.05) is 41.9 Å². The summed E-state index contributed by atoms with van der Waals surface area (Å²) in [6.07, 6.45) is 1.43. The monoisotopic (exact) mass is 368 g/mol. The number of rotatable bonds is 6. The molecule has 0 heterocycles. The number of benzene rings is 1. The van der Waals surface area contributed by atoms with Gasteiger partial charge in [0.15, 0.2) is 0 Å². The third-order valence-electron chi connectivity index (χ3n) is 4.85. The van der Waals surface area contributed by atoms with Gasteiger partial charge >= 0.3 is 0 Å². The quantitative estimate of drug-likeness (QED) is 0.810. The first-order valence-electron chi connectivity index (χ1n) is 7.74. The summed E-state index contributed by atoms with van der Waals surface area (Å²) >= 11 is 3.41. The number of amides is 1. The second kappa shape index (κ2) is 6.69. The Balaban J connectivity index is 1.86. The van der Waals surface area contributed by atoms with Gasteiger partial charge in [-0.15, -0.1) is 0 Å². The molecule has 122 valence electrons. The minimum absolute atomic E-state index is 0.0553. The molecule has 1 aromatic rings. The van der Waals surface area contributed by atoms with E-state index in [4.69, 9.17) is 10.5 Å². The van der Waals surface area contributed by atoms with E-state index in [0.717, 1.165) is 10.9 Å². The molecule has 0 radical (unpaired) electrons. The lowest BCUT2D eigenvalue weighted by molar-refractivity contribution is -0.170. The number of ether oxygens (including phenoxy) is 1. The van der Waals surface area contributed by atoms with Gasteiger partial charge in [-0.3, -0.25) is 4.79 Å². The van der Waals surface area contributed by atoms with Gasteiger partial charge in [-0.05, 0) is 31.0 Å². The van der Waals surface area contributed by atoms with Gasteiger partial charge in [0.1, 0.15) is 5.54 Å². The smallest absolute Gasteiger partial charge is 0.240 e. The Labute approximate surface area is 140 Å². The van der Waals surface area contributed by atoms with Crippen LogP contribution in [0.2, 0.25) is 0 Å². The number of halogens is 1. The number of nitrogens with one attached hydrogen (secondary N) is 1. The highest BCUT2D eigenvalue weighted by atomic mass is 79.9. The van der Waals surface area contributed by atoms with Crippen molar-refractivity contribution in [3.63, 3.8) is 0 Å². The Kier molecular flexibility index (Phi) is 5.30. The largest absolute Gasteiger partial charge is 0.378 e. The summed E-state index contributed by atoms with van der Waals surface area (Å²) in [5.41, 5.74) is 6.35. The Morgan fingerprint density at radius 2 is 2.05 bits per heavy atom. The highest BCUT2D eigenvalue weighted by molar-refractivity contribution is 9.10. The van der Waals surface area contributed by atoms with E-state index in [1.807, 2.05) is 45.0 Å². The molecule has 1 fully saturated rings. The van der Waals surface area contributed by atoms with E-state index in [1.54, 1.807) is 0 Å². The number of nitrogens with two attached hydrogens (primary N) is 1. The summed E-state index contributed by atoms with van der Waals surface area (Å²) in [5.74, 6) is -0.0782. The third kappa shape index (κ3) is 3.21. The van der Waals surface area contributed by atoms with Crippen LogP contribution >= 0.6 is 15.9 Å². The fraction of sp³-hybridized carbons (Fsp3) is 0.588. The number of carbonyl (C=O) groups excluding carboxylic acids is 1. The number of hydrogen-bond acceptors (Lipinski definition) is 3. The molecule has 2 rings (SSSR count). The maximum absolute atomic E-state index is 12.5. The third-order valence-corrected chi connectivity index (χ3v) is 5.38. The van der Waals surface area contributed by atoms with Crippen LogP contribution in [0.4, 0.5) is 0 Å². The summed E-state index contributed by atoms with van der Waals surface area (Å²) in [4.78, 5) is 12.5. The second-order valence-corrected chi connectivity index (χ2v) is 7.39. The molecule has 1 saturated carbocycles. The minimum atomic E-state index is -0.841. The van der Waals surface area contributed by atoms with Crippen LogP contribution in [0.1, 0.15) is 32.8 Å². The summed E-state index contributed by atoms with van der Waals surface area (Å²) in [6.45, 7) is 7.21. The van der Waals surface area contributed by atoms with E-state index in [9.17, 15) is 4.79 Å². The molecule has 5 heteroatoms. The van der Waals surface area contributed by atoms with Crippen LogP contribution in [0, 0.1) is 5.41 Å². The van der Waals surface area contributed by atoms with Crippen molar-refractivity contribution < 1.29 is 9.53 Å². The van der Waals surface area contributed by atoms with Crippen LogP contribution in [0.25, 0.3) is 0 Å². The molecule has 22 heavy (non-hydrogen) atoms. The summed E-state index contributed by atoms with van der Waals surface area (Å²) in [6, 6.07) is 8.10. The molecular weight excluding hydrogens is 344 g/mol. The predicted octanol–water partition coefficient (Wildman–Crippen LogP) is 2.64. The molecule has 1 aliphatic carbocycles. The minimum Gasteiger partial charge on any atom is -0.378 e. The van der Waals surface area contributed by atoms with Crippen molar-refractivity contribution in [2.45, 2.75) is 45.3 Å². The Bertz CT molecular complexity index is 530. The van der Waals surface area contributed by atoms with E-state index >= 15 is 0 Å². The average molecular weight is 369 g/mol. The maximum atomic E-state index is 12.5. The van der Waals surface area contributed by atoms with Gasteiger partial charge in [-0.25, -0.2) is 0 Å². The molecule has 3 N–H and O–H groups in total. The van der Waals surface area contributed by atoms with E-state index in [-0.39, 0.29) is 17.4 Å². The van der Waals surface area contributed by atoms with Gasteiger partial charge in [0.05, 0.1) is 6.10 Å². The molecule has 2 unspecified atom stereocenters. The summed E-state index contributed by atoms with van der Waals surface area (Å²) in [5, 5.41) is 2.98. The fourth-order valence-corrected chi connectivity index (χ4v) is 3.21. The molecule has 1 amide bonds.